The van der Waals surface area contributed by atoms with Crippen molar-refractivity contribution < 1.29 is 14.4 Å². The van der Waals surface area contributed by atoms with Crippen LogP contribution >= 0.6 is 0 Å². The molecule has 2 N–H and O–H groups in total. The number of amides is 3. The van der Waals surface area contributed by atoms with Gasteiger partial charge in [-0.25, -0.2) is 0 Å². The molecule has 0 bridgehead atoms. The first-order valence-corrected chi connectivity index (χ1v) is 7.68. The maximum absolute atomic E-state index is 11.7. The summed E-state index contributed by atoms with van der Waals surface area (Å²) in [5.74, 6) is 0.191. The molecule has 1 atom stereocenters. The Morgan fingerprint density at radius 2 is 2.00 bits per heavy atom. The fourth-order valence-corrected chi connectivity index (χ4v) is 2.62. The van der Waals surface area contributed by atoms with Crippen LogP contribution in [0.5, 0.6) is 0 Å². The summed E-state index contributed by atoms with van der Waals surface area (Å²) in [6.07, 6.45) is 6.63. The summed E-state index contributed by atoms with van der Waals surface area (Å²) in [6.45, 7) is 3.24. The van der Waals surface area contributed by atoms with Gasteiger partial charge in [-0.15, -0.1) is 0 Å². The normalized spacial score (nSPS) is 21.3. The van der Waals surface area contributed by atoms with Gasteiger partial charge in [0, 0.05) is 31.7 Å². The third-order valence-corrected chi connectivity index (χ3v) is 3.94. The summed E-state index contributed by atoms with van der Waals surface area (Å²) in [4.78, 5) is 35.5. The molecular weight excluding hydrogens is 270 g/mol. The Balaban J connectivity index is 1.48. The van der Waals surface area contributed by atoms with Gasteiger partial charge in [-0.1, -0.05) is 6.42 Å². The molecule has 6 heteroatoms. The summed E-state index contributed by atoms with van der Waals surface area (Å²) in [7, 11) is 0. The Morgan fingerprint density at radius 1 is 1.24 bits per heavy atom. The average Bonchev–Trinajstić information content (AvgIpc) is 3.09. The number of nitrogens with one attached hydrogen (secondary N) is 2. The van der Waals surface area contributed by atoms with Gasteiger partial charge in [0.1, 0.15) is 0 Å². The standard InChI is InChI=1S/C15H23N3O3/c19-13(17-11-12-7-8-16-10-12)4-2-1-3-9-18-14(20)5-6-15(18)21/h5-6,12,16H,1-4,7-11H2,(H,17,19). The second-order valence-electron chi connectivity index (χ2n) is 5.64. The molecule has 2 heterocycles. The predicted molar refractivity (Wildman–Crippen MR) is 78.3 cm³/mol. The highest BCUT2D eigenvalue weighted by Crippen LogP contribution is 2.08. The number of rotatable bonds is 8. The summed E-state index contributed by atoms with van der Waals surface area (Å²) >= 11 is 0. The number of unbranched alkanes of at least 4 members (excludes halogenated alkanes) is 2. The first-order valence-electron chi connectivity index (χ1n) is 7.68. The predicted octanol–water partition coefficient (Wildman–Crippen LogP) is 0.198. The lowest BCUT2D eigenvalue weighted by molar-refractivity contribution is -0.136. The highest BCUT2D eigenvalue weighted by molar-refractivity contribution is 6.12. The van der Waals surface area contributed by atoms with Crippen LogP contribution in [0.1, 0.15) is 32.1 Å². The SMILES string of the molecule is O=C(CCCCCN1C(=O)C=CC1=O)NCC1CCNC1. The van der Waals surface area contributed by atoms with Crippen LogP contribution in [0.25, 0.3) is 0 Å². The molecule has 6 nitrogen and oxygen atoms in total. The number of hydrogen-bond donors (Lipinski definition) is 2. The number of hydrogen-bond acceptors (Lipinski definition) is 4. The molecule has 0 radical (unpaired) electrons. The van der Waals surface area contributed by atoms with E-state index in [9.17, 15) is 14.4 Å². The molecule has 1 fully saturated rings. The van der Waals surface area contributed by atoms with Crippen molar-refractivity contribution in [2.75, 3.05) is 26.2 Å². The van der Waals surface area contributed by atoms with Crippen molar-refractivity contribution in [2.45, 2.75) is 32.1 Å². The molecule has 0 spiro atoms. The van der Waals surface area contributed by atoms with Crippen molar-refractivity contribution in [3.63, 3.8) is 0 Å². The highest BCUT2D eigenvalue weighted by Gasteiger charge is 2.22. The minimum absolute atomic E-state index is 0.0943. The molecule has 3 amide bonds. The fourth-order valence-electron chi connectivity index (χ4n) is 2.62. The molecule has 0 aromatic carbocycles. The molecule has 1 unspecified atom stereocenters. The number of carbonyl (C=O) groups is 3. The van der Waals surface area contributed by atoms with E-state index in [1.165, 1.54) is 17.1 Å². The second-order valence-corrected chi connectivity index (χ2v) is 5.64. The van der Waals surface area contributed by atoms with Crippen LogP contribution in [-0.2, 0) is 14.4 Å². The second kappa shape index (κ2) is 7.93. The maximum atomic E-state index is 11.7. The van der Waals surface area contributed by atoms with E-state index in [0.29, 0.717) is 18.9 Å². The minimum Gasteiger partial charge on any atom is -0.356 e. The molecule has 2 aliphatic heterocycles. The molecule has 1 saturated heterocycles. The van der Waals surface area contributed by atoms with E-state index in [1.807, 2.05) is 0 Å². The summed E-state index contributed by atoms with van der Waals surface area (Å²) < 4.78 is 0. The molecule has 21 heavy (non-hydrogen) atoms. The minimum atomic E-state index is -0.233. The fraction of sp³-hybridized carbons (Fsp3) is 0.667. The first kappa shape index (κ1) is 15.7. The van der Waals surface area contributed by atoms with Gasteiger partial charge in [0.05, 0.1) is 0 Å². The van der Waals surface area contributed by atoms with Crippen LogP contribution < -0.4 is 10.6 Å². The topological polar surface area (TPSA) is 78.5 Å². The van der Waals surface area contributed by atoms with E-state index in [4.69, 9.17) is 0 Å². The summed E-state index contributed by atoms with van der Waals surface area (Å²) in [5.41, 5.74) is 0. The maximum Gasteiger partial charge on any atom is 0.253 e. The quantitative estimate of drug-likeness (QED) is 0.495. The van der Waals surface area contributed by atoms with Crippen molar-refractivity contribution >= 4 is 17.7 Å². The third-order valence-electron chi connectivity index (χ3n) is 3.94. The van der Waals surface area contributed by atoms with Gasteiger partial charge in [0.15, 0.2) is 0 Å². The van der Waals surface area contributed by atoms with Crippen molar-refractivity contribution in [1.82, 2.24) is 15.5 Å². The highest BCUT2D eigenvalue weighted by atomic mass is 16.2. The smallest absolute Gasteiger partial charge is 0.253 e. The zero-order chi connectivity index (χ0) is 15.1. The molecular formula is C15H23N3O3. The van der Waals surface area contributed by atoms with E-state index in [-0.39, 0.29) is 17.7 Å². The van der Waals surface area contributed by atoms with Crippen molar-refractivity contribution in [3.05, 3.63) is 12.2 Å². The third kappa shape index (κ3) is 4.97. The Labute approximate surface area is 124 Å². The average molecular weight is 293 g/mol. The van der Waals surface area contributed by atoms with Crippen LogP contribution in [-0.4, -0.2) is 48.8 Å². The van der Waals surface area contributed by atoms with Gasteiger partial charge in [0.25, 0.3) is 11.8 Å². The zero-order valence-electron chi connectivity index (χ0n) is 12.3. The zero-order valence-corrected chi connectivity index (χ0v) is 12.3. The van der Waals surface area contributed by atoms with E-state index in [1.54, 1.807) is 0 Å². The Hall–Kier alpha value is -1.69. The van der Waals surface area contributed by atoms with Crippen LogP contribution in [0.2, 0.25) is 0 Å². The molecule has 0 aromatic rings. The number of carbonyl (C=O) groups excluding carboxylic acids is 3. The van der Waals surface area contributed by atoms with E-state index in [0.717, 1.165) is 45.3 Å². The van der Waals surface area contributed by atoms with Gasteiger partial charge in [-0.3, -0.25) is 19.3 Å². The van der Waals surface area contributed by atoms with E-state index < -0.39 is 0 Å². The van der Waals surface area contributed by atoms with Gasteiger partial charge in [-0.2, -0.15) is 0 Å². The Morgan fingerprint density at radius 3 is 2.67 bits per heavy atom. The lowest BCUT2D eigenvalue weighted by Crippen LogP contribution is -2.31. The van der Waals surface area contributed by atoms with Crippen molar-refractivity contribution in [3.8, 4) is 0 Å². The molecule has 0 aliphatic carbocycles. The van der Waals surface area contributed by atoms with Crippen LogP contribution in [0.4, 0.5) is 0 Å². The number of imide groups is 1. The molecule has 2 aliphatic rings. The van der Waals surface area contributed by atoms with Gasteiger partial charge in [0.2, 0.25) is 5.91 Å². The van der Waals surface area contributed by atoms with Crippen LogP contribution in [0.15, 0.2) is 12.2 Å². The molecule has 0 aromatic heterocycles. The van der Waals surface area contributed by atoms with Crippen LogP contribution in [0, 0.1) is 5.92 Å². The lowest BCUT2D eigenvalue weighted by Gasteiger charge is -2.13. The van der Waals surface area contributed by atoms with Gasteiger partial charge >= 0.3 is 0 Å². The monoisotopic (exact) mass is 293 g/mol. The largest absolute Gasteiger partial charge is 0.356 e. The van der Waals surface area contributed by atoms with E-state index in [2.05, 4.69) is 10.6 Å². The Kier molecular flexibility index (Phi) is 5.92. The summed E-state index contributed by atoms with van der Waals surface area (Å²) in [6, 6.07) is 0. The van der Waals surface area contributed by atoms with E-state index >= 15 is 0 Å². The van der Waals surface area contributed by atoms with Crippen LogP contribution in [0.3, 0.4) is 0 Å². The Bertz CT molecular complexity index is 410. The number of nitrogens with zero attached hydrogens (tertiary/aromatic N) is 1. The van der Waals surface area contributed by atoms with Gasteiger partial charge in [-0.05, 0) is 38.3 Å². The first-order chi connectivity index (χ1) is 10.2. The molecule has 116 valence electrons. The van der Waals surface area contributed by atoms with Gasteiger partial charge < -0.3 is 10.6 Å². The summed E-state index contributed by atoms with van der Waals surface area (Å²) in [5, 5.41) is 6.24. The van der Waals surface area contributed by atoms with Crippen molar-refractivity contribution in [2.24, 2.45) is 5.92 Å². The van der Waals surface area contributed by atoms with Crippen molar-refractivity contribution in [1.29, 1.82) is 0 Å². The lowest BCUT2D eigenvalue weighted by atomic mass is 10.1. The molecule has 2 rings (SSSR count). The molecule has 0 saturated carbocycles.